The normalized spacial score (nSPS) is 21.7. The van der Waals surface area contributed by atoms with Gasteiger partial charge in [-0.05, 0) is 26.0 Å². The number of rotatable bonds is 4. The standard InChI is InChI=1S/C14H21NO2S/c1-14(2)12-17-10-8-15(14)9-11-18(16)13-6-4-3-5-7-13/h3-7H,8-12H2,1-2H3/t18-/m0/s1. The molecule has 1 aromatic carbocycles. The number of ether oxygens (including phenoxy) is 1. The van der Waals surface area contributed by atoms with Crippen LogP contribution >= 0.6 is 0 Å². The highest BCUT2D eigenvalue weighted by Gasteiger charge is 2.30. The van der Waals surface area contributed by atoms with E-state index in [1.165, 1.54) is 0 Å². The highest BCUT2D eigenvalue weighted by molar-refractivity contribution is 7.85. The van der Waals surface area contributed by atoms with Crippen LogP contribution in [0.5, 0.6) is 0 Å². The average Bonchev–Trinajstić information content (AvgIpc) is 2.38. The fourth-order valence-electron chi connectivity index (χ4n) is 2.19. The first kappa shape index (κ1) is 13.7. The minimum absolute atomic E-state index is 0.0547. The van der Waals surface area contributed by atoms with Crippen molar-refractivity contribution in [1.82, 2.24) is 4.90 Å². The van der Waals surface area contributed by atoms with Gasteiger partial charge in [-0.3, -0.25) is 9.11 Å². The van der Waals surface area contributed by atoms with Crippen molar-refractivity contribution in [2.75, 3.05) is 32.1 Å². The lowest BCUT2D eigenvalue weighted by molar-refractivity contribution is -0.0477. The lowest BCUT2D eigenvalue weighted by atomic mass is 10.0. The maximum atomic E-state index is 12.2. The Balaban J connectivity index is 1.90. The number of hydrogen-bond acceptors (Lipinski definition) is 3. The molecule has 0 amide bonds. The largest absolute Gasteiger partial charge is 0.378 e. The van der Waals surface area contributed by atoms with E-state index in [1.54, 1.807) is 0 Å². The summed E-state index contributed by atoms with van der Waals surface area (Å²) in [5, 5.41) is 0. The van der Waals surface area contributed by atoms with E-state index in [2.05, 4.69) is 18.7 Å². The molecule has 1 saturated heterocycles. The third-order valence-corrected chi connectivity index (χ3v) is 4.72. The predicted octanol–water partition coefficient (Wildman–Crippen LogP) is 1.91. The molecule has 100 valence electrons. The zero-order valence-corrected chi connectivity index (χ0v) is 11.9. The minimum atomic E-state index is -0.901. The maximum absolute atomic E-state index is 12.2. The molecule has 2 rings (SSSR count). The van der Waals surface area contributed by atoms with Gasteiger partial charge in [0.05, 0.1) is 24.0 Å². The summed E-state index contributed by atoms with van der Waals surface area (Å²) >= 11 is 0. The molecule has 0 aliphatic carbocycles. The molecular formula is C14H21NO2S. The Labute approximate surface area is 112 Å². The molecule has 0 spiro atoms. The molecule has 1 heterocycles. The lowest BCUT2D eigenvalue weighted by Gasteiger charge is -2.42. The van der Waals surface area contributed by atoms with Gasteiger partial charge in [-0.1, -0.05) is 18.2 Å². The number of benzene rings is 1. The second-order valence-corrected chi connectivity index (χ2v) is 6.79. The topological polar surface area (TPSA) is 29.5 Å². The smallest absolute Gasteiger partial charge is 0.0645 e. The molecule has 3 nitrogen and oxygen atoms in total. The fraction of sp³-hybridized carbons (Fsp3) is 0.571. The second kappa shape index (κ2) is 5.95. The monoisotopic (exact) mass is 267 g/mol. The molecule has 0 aromatic heterocycles. The summed E-state index contributed by atoms with van der Waals surface area (Å²) in [4.78, 5) is 3.29. The lowest BCUT2D eigenvalue weighted by Crippen LogP contribution is -2.53. The van der Waals surface area contributed by atoms with E-state index in [4.69, 9.17) is 4.74 Å². The Hall–Kier alpha value is -0.710. The molecule has 0 radical (unpaired) electrons. The number of hydrogen-bond donors (Lipinski definition) is 0. The average molecular weight is 267 g/mol. The molecule has 4 heteroatoms. The first-order valence-corrected chi connectivity index (χ1v) is 7.68. The van der Waals surface area contributed by atoms with Gasteiger partial charge in [-0.25, -0.2) is 0 Å². The maximum Gasteiger partial charge on any atom is 0.0645 e. The van der Waals surface area contributed by atoms with E-state index in [0.717, 1.165) is 31.2 Å². The van der Waals surface area contributed by atoms with Crippen molar-refractivity contribution in [3.05, 3.63) is 30.3 Å². The minimum Gasteiger partial charge on any atom is -0.378 e. The van der Waals surface area contributed by atoms with E-state index in [9.17, 15) is 4.21 Å². The molecule has 0 N–H and O–H groups in total. The third-order valence-electron chi connectivity index (χ3n) is 3.37. The van der Waals surface area contributed by atoms with Gasteiger partial charge in [0, 0.05) is 29.3 Å². The molecule has 0 bridgehead atoms. The molecule has 1 aliphatic rings. The summed E-state index contributed by atoms with van der Waals surface area (Å²) in [7, 11) is -0.901. The van der Waals surface area contributed by atoms with E-state index >= 15 is 0 Å². The van der Waals surface area contributed by atoms with Gasteiger partial charge in [-0.15, -0.1) is 0 Å². The summed E-state index contributed by atoms with van der Waals surface area (Å²) < 4.78 is 17.6. The Kier molecular flexibility index (Phi) is 4.54. The molecule has 1 aromatic rings. The van der Waals surface area contributed by atoms with Crippen LogP contribution in [0, 0.1) is 0 Å². The van der Waals surface area contributed by atoms with Crippen LogP contribution < -0.4 is 0 Å². The van der Waals surface area contributed by atoms with Crippen molar-refractivity contribution in [3.63, 3.8) is 0 Å². The molecular weight excluding hydrogens is 246 g/mol. The summed E-state index contributed by atoms with van der Waals surface area (Å²) in [6.07, 6.45) is 0. The van der Waals surface area contributed by atoms with E-state index < -0.39 is 10.8 Å². The molecule has 18 heavy (non-hydrogen) atoms. The quantitative estimate of drug-likeness (QED) is 0.834. The molecule has 1 fully saturated rings. The highest BCUT2D eigenvalue weighted by atomic mass is 32.2. The Bertz CT molecular complexity index is 406. The van der Waals surface area contributed by atoms with Crippen molar-refractivity contribution in [1.29, 1.82) is 0 Å². The van der Waals surface area contributed by atoms with E-state index in [-0.39, 0.29) is 5.54 Å². The molecule has 0 saturated carbocycles. The van der Waals surface area contributed by atoms with Crippen molar-refractivity contribution in [3.8, 4) is 0 Å². The molecule has 1 atom stereocenters. The van der Waals surface area contributed by atoms with Gasteiger partial charge in [0.15, 0.2) is 0 Å². The predicted molar refractivity (Wildman–Crippen MR) is 74.2 cm³/mol. The SMILES string of the molecule is CC1(C)COCCN1CC[S@](=O)c1ccccc1. The van der Waals surface area contributed by atoms with Crippen LogP contribution in [0.15, 0.2) is 35.2 Å². The Morgan fingerprint density at radius 3 is 2.72 bits per heavy atom. The fourth-order valence-corrected chi connectivity index (χ4v) is 3.27. The Morgan fingerprint density at radius 2 is 2.06 bits per heavy atom. The summed E-state index contributed by atoms with van der Waals surface area (Å²) in [5.41, 5.74) is 0.0547. The summed E-state index contributed by atoms with van der Waals surface area (Å²) in [5.74, 6) is 0.688. The van der Waals surface area contributed by atoms with Gasteiger partial charge < -0.3 is 4.74 Å². The van der Waals surface area contributed by atoms with Crippen molar-refractivity contribution in [2.45, 2.75) is 24.3 Å². The number of morpholine rings is 1. The molecule has 1 aliphatic heterocycles. The third kappa shape index (κ3) is 3.40. The van der Waals surface area contributed by atoms with E-state index in [1.807, 2.05) is 30.3 Å². The Morgan fingerprint density at radius 1 is 1.33 bits per heavy atom. The van der Waals surface area contributed by atoms with Crippen LogP contribution in [-0.4, -0.2) is 46.7 Å². The van der Waals surface area contributed by atoms with Crippen molar-refractivity contribution in [2.24, 2.45) is 0 Å². The van der Waals surface area contributed by atoms with Gasteiger partial charge >= 0.3 is 0 Å². The van der Waals surface area contributed by atoms with Crippen LogP contribution in [0.3, 0.4) is 0 Å². The first-order valence-electron chi connectivity index (χ1n) is 6.36. The van der Waals surface area contributed by atoms with Gasteiger partial charge in [0.1, 0.15) is 0 Å². The van der Waals surface area contributed by atoms with Crippen molar-refractivity contribution < 1.29 is 8.95 Å². The highest BCUT2D eigenvalue weighted by Crippen LogP contribution is 2.18. The first-order chi connectivity index (χ1) is 8.59. The number of nitrogens with zero attached hydrogens (tertiary/aromatic N) is 1. The summed E-state index contributed by atoms with van der Waals surface area (Å²) in [6, 6.07) is 9.69. The van der Waals surface area contributed by atoms with Gasteiger partial charge in [-0.2, -0.15) is 0 Å². The molecule has 0 unspecified atom stereocenters. The zero-order chi connectivity index (χ0) is 13.0. The van der Waals surface area contributed by atoms with Crippen LogP contribution in [0.25, 0.3) is 0 Å². The van der Waals surface area contributed by atoms with Crippen LogP contribution in [0.1, 0.15) is 13.8 Å². The summed E-state index contributed by atoms with van der Waals surface area (Å²) in [6.45, 7) is 7.68. The van der Waals surface area contributed by atoms with Gasteiger partial charge in [0.2, 0.25) is 0 Å². The van der Waals surface area contributed by atoms with Gasteiger partial charge in [0.25, 0.3) is 0 Å². The van der Waals surface area contributed by atoms with Crippen LogP contribution in [-0.2, 0) is 15.5 Å². The van der Waals surface area contributed by atoms with E-state index in [0.29, 0.717) is 5.75 Å². The second-order valence-electron chi connectivity index (χ2n) is 5.21. The zero-order valence-electron chi connectivity index (χ0n) is 11.1. The van der Waals surface area contributed by atoms with Crippen molar-refractivity contribution >= 4 is 10.8 Å². The van der Waals surface area contributed by atoms with Crippen LogP contribution in [0.4, 0.5) is 0 Å². The van der Waals surface area contributed by atoms with Crippen LogP contribution in [0.2, 0.25) is 0 Å².